The summed E-state index contributed by atoms with van der Waals surface area (Å²) >= 11 is 0. The highest BCUT2D eigenvalue weighted by Crippen LogP contribution is 2.49. The lowest BCUT2D eigenvalue weighted by molar-refractivity contribution is 0.0258. The van der Waals surface area contributed by atoms with E-state index in [-0.39, 0.29) is 17.9 Å². The van der Waals surface area contributed by atoms with Crippen LogP contribution in [0.4, 0.5) is 0 Å². The van der Waals surface area contributed by atoms with Crippen LogP contribution in [0.2, 0.25) is 0 Å². The largest absolute Gasteiger partial charge is 0.501 e. The molecule has 2 aromatic carbocycles. The number of ether oxygens (including phenoxy) is 2. The van der Waals surface area contributed by atoms with Crippen molar-refractivity contribution < 1.29 is 9.47 Å². The molecule has 0 aliphatic heterocycles. The summed E-state index contributed by atoms with van der Waals surface area (Å²) in [5, 5.41) is 0. The maximum atomic E-state index is 6.32. The molecule has 1 aliphatic carbocycles. The molecule has 1 aliphatic rings. The Morgan fingerprint density at radius 3 is 2.39 bits per heavy atom. The van der Waals surface area contributed by atoms with Crippen LogP contribution in [-0.4, -0.2) is 20.3 Å². The molecule has 0 N–H and O–H groups in total. The average Bonchev–Trinajstić information content (AvgIpc) is 2.78. The van der Waals surface area contributed by atoms with E-state index < -0.39 is 0 Å². The molecule has 166 valence electrons. The molecular weight excluding hydrogens is 380 g/mol. The third-order valence-corrected chi connectivity index (χ3v) is 6.66. The summed E-state index contributed by atoms with van der Waals surface area (Å²) in [5.41, 5.74) is 6.10. The van der Waals surface area contributed by atoms with E-state index in [0.717, 1.165) is 17.8 Å². The maximum Gasteiger partial charge on any atom is 0.102 e. The van der Waals surface area contributed by atoms with Gasteiger partial charge < -0.3 is 9.47 Å². The fourth-order valence-electron chi connectivity index (χ4n) is 5.17. The zero-order valence-electron chi connectivity index (χ0n) is 19.9. The van der Waals surface area contributed by atoms with Crippen molar-refractivity contribution in [2.45, 2.75) is 64.4 Å². The van der Waals surface area contributed by atoms with Crippen LogP contribution in [0.5, 0.6) is 0 Å². The van der Waals surface area contributed by atoms with Crippen molar-refractivity contribution in [3.8, 4) is 0 Å². The summed E-state index contributed by atoms with van der Waals surface area (Å²) in [7, 11) is 3.65. The van der Waals surface area contributed by atoms with Crippen molar-refractivity contribution in [1.29, 1.82) is 0 Å². The quantitative estimate of drug-likeness (QED) is 0.389. The predicted octanol–water partition coefficient (Wildman–Crippen LogP) is 7.65. The normalized spacial score (nSPS) is 23.3. The zero-order valence-corrected chi connectivity index (χ0v) is 19.9. The van der Waals surface area contributed by atoms with Crippen molar-refractivity contribution in [1.82, 2.24) is 0 Å². The average molecular weight is 419 g/mol. The van der Waals surface area contributed by atoms with Crippen molar-refractivity contribution in [2.75, 3.05) is 14.2 Å². The van der Waals surface area contributed by atoms with E-state index in [1.165, 1.54) is 41.5 Å². The van der Waals surface area contributed by atoms with E-state index in [1.807, 2.05) is 7.11 Å². The van der Waals surface area contributed by atoms with Crippen molar-refractivity contribution >= 4 is 5.57 Å². The minimum absolute atomic E-state index is 0.00567. The number of rotatable bonds is 9. The van der Waals surface area contributed by atoms with Gasteiger partial charge in [-0.15, -0.1) is 0 Å². The van der Waals surface area contributed by atoms with Gasteiger partial charge in [0, 0.05) is 13.0 Å². The van der Waals surface area contributed by atoms with Gasteiger partial charge in [0.15, 0.2) is 0 Å². The molecule has 0 aromatic heterocycles. The summed E-state index contributed by atoms with van der Waals surface area (Å²) in [6.07, 6.45) is 7.24. The Hall–Kier alpha value is -2.32. The molecule has 2 nitrogen and oxygen atoms in total. The van der Waals surface area contributed by atoms with Gasteiger partial charge in [0.2, 0.25) is 0 Å². The molecule has 0 bridgehead atoms. The number of unbranched alkanes of at least 4 members (excludes halogenated alkanes) is 2. The first-order valence-electron chi connectivity index (χ1n) is 11.6. The monoisotopic (exact) mass is 418 g/mol. The Kier molecular flexibility index (Phi) is 8.15. The summed E-state index contributed by atoms with van der Waals surface area (Å²) < 4.78 is 12.4. The second-order valence-corrected chi connectivity index (χ2v) is 8.92. The van der Waals surface area contributed by atoms with Crippen LogP contribution in [0.1, 0.15) is 73.6 Å². The molecule has 31 heavy (non-hydrogen) atoms. The van der Waals surface area contributed by atoms with Gasteiger partial charge in [-0.25, -0.2) is 0 Å². The van der Waals surface area contributed by atoms with E-state index >= 15 is 0 Å². The molecule has 0 fully saturated rings. The Morgan fingerprint density at radius 2 is 1.77 bits per heavy atom. The molecule has 4 unspecified atom stereocenters. The molecule has 2 aromatic rings. The molecule has 3 rings (SSSR count). The molecule has 2 heteroatoms. The topological polar surface area (TPSA) is 18.5 Å². The van der Waals surface area contributed by atoms with Crippen LogP contribution >= 0.6 is 0 Å². The number of hydrogen-bond donors (Lipinski definition) is 0. The van der Waals surface area contributed by atoms with Gasteiger partial charge in [-0.1, -0.05) is 92.4 Å². The van der Waals surface area contributed by atoms with Gasteiger partial charge in [-0.05, 0) is 49.0 Å². The Balaban J connectivity index is 2.16. The van der Waals surface area contributed by atoms with E-state index in [4.69, 9.17) is 9.47 Å². The molecule has 0 saturated carbocycles. The highest BCUT2D eigenvalue weighted by molar-refractivity contribution is 5.66. The van der Waals surface area contributed by atoms with Crippen LogP contribution in [-0.2, 0) is 9.47 Å². The first-order valence-corrected chi connectivity index (χ1v) is 11.6. The van der Waals surface area contributed by atoms with Crippen molar-refractivity contribution in [2.24, 2.45) is 5.92 Å². The fraction of sp³-hybridized carbons (Fsp3) is 0.448. The summed E-state index contributed by atoms with van der Waals surface area (Å²) in [5.74, 6) is 1.73. The van der Waals surface area contributed by atoms with E-state index in [2.05, 4.69) is 82.0 Å². The Bertz CT molecular complexity index is 896. The van der Waals surface area contributed by atoms with E-state index in [0.29, 0.717) is 5.92 Å². The highest BCUT2D eigenvalue weighted by atomic mass is 16.5. The van der Waals surface area contributed by atoms with Crippen LogP contribution in [0.25, 0.3) is 5.57 Å². The SMILES string of the molecule is C=C(C)c1ccc(C)cc1C1C(OC)=CC(CCCCC)C(c2ccccc2)C1OC. The molecule has 0 saturated heterocycles. The fourth-order valence-corrected chi connectivity index (χ4v) is 5.17. The smallest absolute Gasteiger partial charge is 0.102 e. The van der Waals surface area contributed by atoms with Crippen molar-refractivity contribution in [3.63, 3.8) is 0 Å². The number of benzene rings is 2. The van der Waals surface area contributed by atoms with Gasteiger partial charge in [0.1, 0.15) is 5.76 Å². The van der Waals surface area contributed by atoms with Gasteiger partial charge in [-0.2, -0.15) is 0 Å². The maximum absolute atomic E-state index is 6.32. The molecule has 0 amide bonds. The van der Waals surface area contributed by atoms with Gasteiger partial charge in [0.05, 0.1) is 19.1 Å². The van der Waals surface area contributed by atoms with Crippen LogP contribution in [0, 0.1) is 12.8 Å². The standard InChI is InChI=1S/C29H38O2/c1-7-8-10-15-23-19-26(30-5)28(25-18-21(4)16-17-24(25)20(2)3)29(31-6)27(23)22-13-11-9-12-14-22/h9,11-14,16-19,23,27-29H,2,7-8,10,15H2,1,3-6H3. The molecule has 0 radical (unpaired) electrons. The second kappa shape index (κ2) is 10.8. The lowest BCUT2D eigenvalue weighted by Crippen LogP contribution is -2.38. The van der Waals surface area contributed by atoms with Crippen LogP contribution < -0.4 is 0 Å². The number of aryl methyl sites for hydroxylation is 1. The zero-order chi connectivity index (χ0) is 22.4. The molecule has 4 atom stereocenters. The third-order valence-electron chi connectivity index (χ3n) is 6.66. The molecule has 0 spiro atoms. The first-order chi connectivity index (χ1) is 15.0. The third kappa shape index (κ3) is 5.13. The second-order valence-electron chi connectivity index (χ2n) is 8.92. The number of hydrogen-bond acceptors (Lipinski definition) is 2. The van der Waals surface area contributed by atoms with Crippen LogP contribution in [0.15, 0.2) is 66.9 Å². The Morgan fingerprint density at radius 1 is 1.03 bits per heavy atom. The predicted molar refractivity (Wildman–Crippen MR) is 131 cm³/mol. The van der Waals surface area contributed by atoms with Gasteiger partial charge in [-0.3, -0.25) is 0 Å². The Labute approximate surface area is 189 Å². The molecular formula is C29H38O2. The van der Waals surface area contributed by atoms with E-state index in [1.54, 1.807) is 7.11 Å². The molecule has 0 heterocycles. The summed E-state index contributed by atoms with van der Waals surface area (Å²) in [4.78, 5) is 0. The lowest BCUT2D eigenvalue weighted by atomic mass is 9.68. The van der Waals surface area contributed by atoms with E-state index in [9.17, 15) is 0 Å². The lowest BCUT2D eigenvalue weighted by Gasteiger charge is -2.42. The van der Waals surface area contributed by atoms with Gasteiger partial charge in [0.25, 0.3) is 0 Å². The summed E-state index contributed by atoms with van der Waals surface area (Å²) in [6, 6.07) is 17.5. The highest BCUT2D eigenvalue weighted by Gasteiger charge is 2.43. The van der Waals surface area contributed by atoms with Crippen molar-refractivity contribution in [3.05, 3.63) is 89.2 Å². The van der Waals surface area contributed by atoms with Crippen LogP contribution in [0.3, 0.4) is 0 Å². The number of allylic oxidation sites excluding steroid dienone is 2. The minimum Gasteiger partial charge on any atom is -0.501 e. The minimum atomic E-state index is -0.00567. The summed E-state index contributed by atoms with van der Waals surface area (Å²) in [6.45, 7) is 10.7. The van der Waals surface area contributed by atoms with Gasteiger partial charge >= 0.3 is 0 Å². The first kappa shape index (κ1) is 23.3. The number of methoxy groups -OCH3 is 2.